The molecular formula is C15H19N3OS2. The van der Waals surface area contributed by atoms with Crippen molar-refractivity contribution in [2.75, 3.05) is 19.9 Å². The summed E-state index contributed by atoms with van der Waals surface area (Å²) in [5, 5.41) is 9.59. The monoisotopic (exact) mass is 321 g/mol. The van der Waals surface area contributed by atoms with Crippen molar-refractivity contribution in [3.05, 3.63) is 34.8 Å². The van der Waals surface area contributed by atoms with Crippen molar-refractivity contribution in [3.63, 3.8) is 0 Å². The van der Waals surface area contributed by atoms with Gasteiger partial charge in [0.2, 0.25) is 0 Å². The fraction of sp³-hybridized carbons (Fsp3) is 0.467. The van der Waals surface area contributed by atoms with Crippen molar-refractivity contribution >= 4 is 23.1 Å². The Kier molecular flexibility index (Phi) is 4.77. The van der Waals surface area contributed by atoms with Gasteiger partial charge < -0.3 is 4.74 Å². The zero-order valence-corrected chi connectivity index (χ0v) is 13.9. The fourth-order valence-electron chi connectivity index (χ4n) is 2.78. The molecule has 1 saturated heterocycles. The zero-order chi connectivity index (χ0) is 14.7. The first-order chi connectivity index (χ1) is 10.3. The summed E-state index contributed by atoms with van der Waals surface area (Å²) in [6.45, 7) is 2.03. The molecule has 0 aliphatic carbocycles. The molecule has 1 aliphatic rings. The molecule has 1 aliphatic heterocycles. The van der Waals surface area contributed by atoms with E-state index in [-0.39, 0.29) is 0 Å². The highest BCUT2D eigenvalue weighted by Gasteiger charge is 2.26. The number of hydrogen-bond acceptors (Lipinski definition) is 6. The van der Waals surface area contributed by atoms with Gasteiger partial charge in [-0.2, -0.15) is 0 Å². The van der Waals surface area contributed by atoms with Gasteiger partial charge in [0.05, 0.1) is 13.7 Å². The molecule has 2 aromatic rings. The average molecular weight is 321 g/mol. The lowest BCUT2D eigenvalue weighted by Gasteiger charge is -2.23. The van der Waals surface area contributed by atoms with Gasteiger partial charge in [0.1, 0.15) is 10.8 Å². The maximum absolute atomic E-state index is 5.24. The van der Waals surface area contributed by atoms with Gasteiger partial charge in [-0.15, -0.1) is 10.2 Å². The number of nitrogens with zero attached hydrogens (tertiary/aromatic N) is 3. The van der Waals surface area contributed by atoms with E-state index in [0.717, 1.165) is 28.2 Å². The van der Waals surface area contributed by atoms with Crippen molar-refractivity contribution < 1.29 is 4.74 Å². The number of likely N-dealkylation sites (tertiary alicyclic amines) is 1. The predicted molar refractivity (Wildman–Crippen MR) is 87.1 cm³/mol. The van der Waals surface area contributed by atoms with E-state index >= 15 is 0 Å². The van der Waals surface area contributed by atoms with Crippen molar-refractivity contribution in [2.45, 2.75) is 29.8 Å². The van der Waals surface area contributed by atoms with Crippen molar-refractivity contribution in [1.29, 1.82) is 0 Å². The average Bonchev–Trinajstić information content (AvgIpc) is 3.17. The molecular weight excluding hydrogens is 302 g/mol. The van der Waals surface area contributed by atoms with Crippen LogP contribution in [0.15, 0.2) is 28.6 Å². The number of methoxy groups -OCH3 is 1. The summed E-state index contributed by atoms with van der Waals surface area (Å²) in [5.74, 6) is 0.914. The molecule has 0 amide bonds. The summed E-state index contributed by atoms with van der Waals surface area (Å²) in [6.07, 6.45) is 4.49. The van der Waals surface area contributed by atoms with Gasteiger partial charge >= 0.3 is 0 Å². The molecule has 21 heavy (non-hydrogen) atoms. The maximum Gasteiger partial charge on any atom is 0.174 e. The van der Waals surface area contributed by atoms with E-state index < -0.39 is 0 Å². The van der Waals surface area contributed by atoms with Gasteiger partial charge in [-0.1, -0.05) is 35.2 Å². The molecule has 1 atom stereocenters. The van der Waals surface area contributed by atoms with Gasteiger partial charge in [-0.25, -0.2) is 0 Å². The summed E-state index contributed by atoms with van der Waals surface area (Å²) in [5.41, 5.74) is 1.36. The molecule has 1 fully saturated rings. The quantitative estimate of drug-likeness (QED) is 0.787. The topological polar surface area (TPSA) is 38.2 Å². The standard InChI is InChI=1S/C15H19N3OS2/c1-19-12-7-5-11(6-8-12)13-4-3-9-18(13)10-14-16-17-15(20-2)21-14/h5-8,13H,3-4,9-10H2,1-2H3/t13-/m1/s1. The highest BCUT2D eigenvalue weighted by molar-refractivity contribution is 8.00. The summed E-state index contributed by atoms with van der Waals surface area (Å²) in [4.78, 5) is 2.51. The number of thioether (sulfide) groups is 1. The van der Waals surface area contributed by atoms with Crippen LogP contribution >= 0.6 is 23.1 Å². The Morgan fingerprint density at radius 1 is 1.33 bits per heavy atom. The molecule has 6 heteroatoms. The summed E-state index contributed by atoms with van der Waals surface area (Å²) in [7, 11) is 1.70. The molecule has 1 aromatic heterocycles. The van der Waals surface area contributed by atoms with Crippen LogP contribution < -0.4 is 4.74 Å². The van der Waals surface area contributed by atoms with Crippen LogP contribution in [-0.2, 0) is 6.54 Å². The minimum Gasteiger partial charge on any atom is -0.497 e. The first-order valence-electron chi connectivity index (χ1n) is 7.04. The number of hydrogen-bond donors (Lipinski definition) is 0. The minimum absolute atomic E-state index is 0.484. The molecule has 1 aromatic carbocycles. The molecule has 3 rings (SSSR count). The minimum atomic E-state index is 0.484. The summed E-state index contributed by atoms with van der Waals surface area (Å²) in [6, 6.07) is 8.92. The predicted octanol–water partition coefficient (Wildman–Crippen LogP) is 3.61. The number of benzene rings is 1. The Bertz CT molecular complexity index is 585. The van der Waals surface area contributed by atoms with E-state index in [1.54, 1.807) is 30.2 Å². The van der Waals surface area contributed by atoms with Gasteiger partial charge in [0.15, 0.2) is 4.34 Å². The van der Waals surface area contributed by atoms with Crippen LogP contribution in [0.1, 0.15) is 29.5 Å². The zero-order valence-electron chi connectivity index (χ0n) is 12.3. The second kappa shape index (κ2) is 6.77. The Balaban J connectivity index is 1.72. The van der Waals surface area contributed by atoms with E-state index in [9.17, 15) is 0 Å². The van der Waals surface area contributed by atoms with Crippen LogP contribution in [0.3, 0.4) is 0 Å². The van der Waals surface area contributed by atoms with Crippen molar-refractivity contribution in [2.24, 2.45) is 0 Å². The van der Waals surface area contributed by atoms with Crippen LogP contribution in [0.5, 0.6) is 5.75 Å². The van der Waals surface area contributed by atoms with Gasteiger partial charge in [0, 0.05) is 6.04 Å². The third-order valence-electron chi connectivity index (χ3n) is 3.83. The van der Waals surface area contributed by atoms with E-state index in [4.69, 9.17) is 4.74 Å². The lowest BCUT2D eigenvalue weighted by Crippen LogP contribution is -2.22. The second-order valence-electron chi connectivity index (χ2n) is 5.07. The smallest absolute Gasteiger partial charge is 0.174 e. The second-order valence-corrected chi connectivity index (χ2v) is 7.18. The lowest BCUT2D eigenvalue weighted by molar-refractivity contribution is 0.247. The Morgan fingerprint density at radius 3 is 2.81 bits per heavy atom. The molecule has 4 nitrogen and oxygen atoms in total. The van der Waals surface area contributed by atoms with Gasteiger partial charge in [0.25, 0.3) is 0 Å². The highest BCUT2D eigenvalue weighted by Crippen LogP contribution is 2.34. The normalized spacial score (nSPS) is 19.0. The molecule has 0 unspecified atom stereocenters. The maximum atomic E-state index is 5.24. The molecule has 0 saturated carbocycles. The fourth-order valence-corrected chi connectivity index (χ4v) is 4.12. The molecule has 2 heterocycles. The van der Waals surface area contributed by atoms with Crippen molar-refractivity contribution in [3.8, 4) is 5.75 Å². The molecule has 112 valence electrons. The van der Waals surface area contributed by atoms with E-state index in [0.29, 0.717) is 6.04 Å². The summed E-state index contributed by atoms with van der Waals surface area (Å²) < 4.78 is 6.28. The third-order valence-corrected chi connectivity index (χ3v) is 5.71. The van der Waals surface area contributed by atoms with Crippen LogP contribution in [0.25, 0.3) is 0 Å². The van der Waals surface area contributed by atoms with Crippen molar-refractivity contribution in [1.82, 2.24) is 15.1 Å². The number of rotatable bonds is 5. The highest BCUT2D eigenvalue weighted by atomic mass is 32.2. The molecule has 0 spiro atoms. The molecule has 0 radical (unpaired) electrons. The van der Waals surface area contributed by atoms with Crippen LogP contribution in [0.2, 0.25) is 0 Å². The van der Waals surface area contributed by atoms with Crippen LogP contribution in [-0.4, -0.2) is 35.0 Å². The molecule has 0 N–H and O–H groups in total. The number of aromatic nitrogens is 2. The van der Waals surface area contributed by atoms with Gasteiger partial charge in [-0.05, 0) is 43.3 Å². The number of ether oxygens (including phenoxy) is 1. The lowest BCUT2D eigenvalue weighted by atomic mass is 10.0. The molecule has 0 bridgehead atoms. The van der Waals surface area contributed by atoms with E-state index in [1.165, 1.54) is 18.4 Å². The first kappa shape index (κ1) is 14.8. The SMILES string of the molecule is COc1ccc([C@H]2CCCN2Cc2nnc(SC)s2)cc1. The Morgan fingerprint density at radius 2 is 2.14 bits per heavy atom. The first-order valence-corrected chi connectivity index (χ1v) is 9.08. The third kappa shape index (κ3) is 3.39. The van der Waals surface area contributed by atoms with Gasteiger partial charge in [-0.3, -0.25) is 4.90 Å². The largest absolute Gasteiger partial charge is 0.497 e. The van der Waals surface area contributed by atoms with E-state index in [1.807, 2.05) is 18.4 Å². The Labute approximate surface area is 133 Å². The summed E-state index contributed by atoms with van der Waals surface area (Å²) >= 11 is 3.36. The van der Waals surface area contributed by atoms with Crippen LogP contribution in [0, 0.1) is 0 Å². The Hall–Kier alpha value is -1.11. The van der Waals surface area contributed by atoms with E-state index in [2.05, 4.69) is 27.2 Å². The van der Waals surface area contributed by atoms with Crippen LogP contribution in [0.4, 0.5) is 0 Å².